The molecule has 5 rings (SSSR count). The fourth-order valence-electron chi connectivity index (χ4n) is 4.16. The molecule has 10 nitrogen and oxygen atoms in total. The van der Waals surface area contributed by atoms with E-state index in [1.165, 1.54) is 44.0 Å². The summed E-state index contributed by atoms with van der Waals surface area (Å²) in [7, 11) is 0. The minimum Gasteiger partial charge on any atom is -0.482 e. The number of rotatable bonds is 7. The van der Waals surface area contributed by atoms with Crippen LogP contribution in [0.2, 0.25) is 0 Å². The molecule has 0 saturated heterocycles. The Balaban J connectivity index is 1.47. The summed E-state index contributed by atoms with van der Waals surface area (Å²) in [4.78, 5) is 20.7. The monoisotopic (exact) mass is 545 g/mol. The third-order valence-corrected chi connectivity index (χ3v) is 7.43. The number of halogens is 3. The first-order valence-electron chi connectivity index (χ1n) is 11.3. The van der Waals surface area contributed by atoms with Crippen LogP contribution in [0.1, 0.15) is 25.3 Å². The Hall–Kier alpha value is -3.91. The van der Waals surface area contributed by atoms with E-state index in [0.29, 0.717) is 34.4 Å². The van der Waals surface area contributed by atoms with Crippen molar-refractivity contribution in [3.05, 3.63) is 66.5 Å². The molecule has 1 aromatic carbocycles. The van der Waals surface area contributed by atoms with E-state index < -0.39 is 34.2 Å². The Labute approximate surface area is 218 Å². The Morgan fingerprint density at radius 2 is 1.97 bits per heavy atom. The van der Waals surface area contributed by atoms with Crippen LogP contribution in [0.15, 0.2) is 58.7 Å². The van der Waals surface area contributed by atoms with Crippen LogP contribution in [0, 0.1) is 5.82 Å². The fraction of sp³-hybridized carbons (Fsp3) is 0.292. The number of thioether (sulfide) groups is 1. The van der Waals surface area contributed by atoms with Crippen LogP contribution < -0.4 is 15.8 Å². The second kappa shape index (κ2) is 9.44. The van der Waals surface area contributed by atoms with Crippen molar-refractivity contribution in [1.82, 2.24) is 19.9 Å². The van der Waals surface area contributed by atoms with Gasteiger partial charge in [-0.1, -0.05) is 11.8 Å². The van der Waals surface area contributed by atoms with Crippen LogP contribution in [0.4, 0.5) is 24.7 Å². The molecule has 1 aliphatic heterocycles. The molecule has 0 saturated carbocycles. The highest BCUT2D eigenvalue weighted by molar-refractivity contribution is 8.15. The average Bonchev–Trinajstić information content (AvgIpc) is 3.41. The van der Waals surface area contributed by atoms with Gasteiger partial charge in [0.05, 0.1) is 24.5 Å². The van der Waals surface area contributed by atoms with E-state index >= 15 is 13.2 Å². The Morgan fingerprint density at radius 1 is 1.16 bits per heavy atom. The maximum atomic E-state index is 15.7. The molecule has 0 radical (unpaired) electrons. The first-order chi connectivity index (χ1) is 18.1. The molecule has 4 N–H and O–H groups in total. The largest absolute Gasteiger partial charge is 0.482 e. The number of aromatic nitrogens is 4. The standard InChI is InChI=1S/C24H22F3N7O3S/c1-22(11-35)24(26,27)23(2,34-21(28)38-22)15-7-13(3-4-16(15)25)33-20-19-17(31-12-32-20)8-14(9-30-19)37-10-18-29-5-6-36-18/h3-9,12,35H,10-11H2,1-2H3,(H2,28,34)(H,31,32,33)/t22-,23+/m0/s1. The number of fused-ring (bicyclic) bond motifs is 1. The molecule has 3 aromatic heterocycles. The zero-order valence-corrected chi connectivity index (χ0v) is 21.0. The lowest BCUT2D eigenvalue weighted by Crippen LogP contribution is -2.61. The van der Waals surface area contributed by atoms with E-state index in [2.05, 4.69) is 30.2 Å². The highest BCUT2D eigenvalue weighted by Gasteiger charge is 2.66. The number of hydrogen-bond donors (Lipinski definition) is 3. The van der Waals surface area contributed by atoms with Crippen LogP contribution in [0.3, 0.4) is 0 Å². The summed E-state index contributed by atoms with van der Waals surface area (Å²) in [5.41, 5.74) is 4.11. The summed E-state index contributed by atoms with van der Waals surface area (Å²) in [5, 5.41) is 12.6. The zero-order chi connectivity index (χ0) is 27.1. The topological polar surface area (TPSA) is 145 Å². The van der Waals surface area contributed by atoms with Gasteiger partial charge < -0.3 is 25.3 Å². The highest BCUT2D eigenvalue weighted by Crippen LogP contribution is 2.56. The third-order valence-electron chi connectivity index (χ3n) is 6.29. The number of aliphatic imine (C=N–C) groups is 1. The van der Waals surface area contributed by atoms with Crippen molar-refractivity contribution in [2.45, 2.75) is 36.7 Å². The summed E-state index contributed by atoms with van der Waals surface area (Å²) < 4.78 is 55.2. The number of benzene rings is 1. The number of aliphatic hydroxyl groups excluding tert-OH is 1. The second-order valence-electron chi connectivity index (χ2n) is 8.88. The van der Waals surface area contributed by atoms with Gasteiger partial charge in [0.25, 0.3) is 5.92 Å². The fourth-order valence-corrected chi connectivity index (χ4v) is 5.24. The molecule has 0 bridgehead atoms. The van der Waals surface area contributed by atoms with Gasteiger partial charge in [-0.3, -0.25) is 0 Å². The van der Waals surface area contributed by atoms with Gasteiger partial charge in [0.2, 0.25) is 5.89 Å². The van der Waals surface area contributed by atoms with Gasteiger partial charge in [0.1, 0.15) is 34.4 Å². The number of nitrogens with one attached hydrogen (secondary N) is 1. The minimum atomic E-state index is -3.66. The lowest BCUT2D eigenvalue weighted by atomic mass is 9.79. The molecule has 4 aromatic rings. The van der Waals surface area contributed by atoms with Gasteiger partial charge in [0.15, 0.2) is 23.1 Å². The van der Waals surface area contributed by atoms with Crippen molar-refractivity contribution in [3.8, 4) is 5.75 Å². The number of alkyl halides is 2. The van der Waals surface area contributed by atoms with Crippen LogP contribution in [0.5, 0.6) is 5.75 Å². The summed E-state index contributed by atoms with van der Waals surface area (Å²) >= 11 is 0.556. The molecule has 0 spiro atoms. The molecule has 1 aliphatic rings. The van der Waals surface area contributed by atoms with Gasteiger partial charge in [0, 0.05) is 17.3 Å². The van der Waals surface area contributed by atoms with Gasteiger partial charge in [-0.05, 0) is 32.0 Å². The molecule has 0 aliphatic carbocycles. The Bertz CT molecular complexity index is 1520. The average molecular weight is 546 g/mol. The van der Waals surface area contributed by atoms with Gasteiger partial charge in [-0.25, -0.2) is 38.1 Å². The molecule has 2 atom stereocenters. The van der Waals surface area contributed by atoms with Gasteiger partial charge in [-0.15, -0.1) is 0 Å². The number of aliphatic hydroxyl groups is 1. The first-order valence-corrected chi connectivity index (χ1v) is 12.1. The molecule has 0 amide bonds. The van der Waals surface area contributed by atoms with E-state index in [9.17, 15) is 5.11 Å². The highest BCUT2D eigenvalue weighted by atomic mass is 32.2. The SMILES string of the molecule is C[C@@]1(CO)SC(N)=N[C@](C)(c2cc(Nc3ncnc4cc(OCc5ncco5)cnc34)ccc2F)C1(F)F. The first kappa shape index (κ1) is 25.7. The van der Waals surface area contributed by atoms with Crippen LogP contribution in [-0.2, 0) is 12.1 Å². The molecule has 14 heteroatoms. The molecule has 198 valence electrons. The maximum Gasteiger partial charge on any atom is 0.293 e. The number of oxazole rings is 1. The number of ether oxygens (including phenoxy) is 1. The van der Waals surface area contributed by atoms with Crippen molar-refractivity contribution in [1.29, 1.82) is 0 Å². The van der Waals surface area contributed by atoms with Crippen LogP contribution in [-0.4, -0.2) is 47.5 Å². The van der Waals surface area contributed by atoms with E-state index in [4.69, 9.17) is 14.9 Å². The summed E-state index contributed by atoms with van der Waals surface area (Å²) in [6.07, 6.45) is 5.69. The number of anilines is 2. The predicted molar refractivity (Wildman–Crippen MR) is 135 cm³/mol. The number of nitrogens with two attached hydrogens (primary N) is 1. The number of pyridine rings is 1. The third kappa shape index (κ3) is 4.28. The van der Waals surface area contributed by atoms with Crippen LogP contribution in [0.25, 0.3) is 11.0 Å². The minimum absolute atomic E-state index is 0.0962. The molecule has 4 heterocycles. The van der Waals surface area contributed by atoms with Crippen molar-refractivity contribution in [2.75, 3.05) is 11.9 Å². The van der Waals surface area contributed by atoms with E-state index in [1.54, 1.807) is 6.07 Å². The van der Waals surface area contributed by atoms with Gasteiger partial charge >= 0.3 is 0 Å². The second-order valence-corrected chi connectivity index (χ2v) is 10.4. The smallest absolute Gasteiger partial charge is 0.293 e. The van der Waals surface area contributed by atoms with E-state index in [-0.39, 0.29) is 23.3 Å². The van der Waals surface area contributed by atoms with Crippen molar-refractivity contribution in [2.24, 2.45) is 10.7 Å². The van der Waals surface area contributed by atoms with Crippen molar-refractivity contribution >= 4 is 39.5 Å². The van der Waals surface area contributed by atoms with Gasteiger partial charge in [-0.2, -0.15) is 0 Å². The lowest BCUT2D eigenvalue weighted by Gasteiger charge is -2.47. The summed E-state index contributed by atoms with van der Waals surface area (Å²) in [6, 6.07) is 5.28. The predicted octanol–water partition coefficient (Wildman–Crippen LogP) is 4.14. The Morgan fingerprint density at radius 3 is 2.71 bits per heavy atom. The number of nitrogens with zero attached hydrogens (tertiary/aromatic N) is 5. The van der Waals surface area contributed by atoms with E-state index in [1.807, 2.05) is 0 Å². The van der Waals surface area contributed by atoms with Crippen molar-refractivity contribution in [3.63, 3.8) is 0 Å². The molecule has 38 heavy (non-hydrogen) atoms. The zero-order valence-electron chi connectivity index (χ0n) is 20.2. The normalized spacial score (nSPS) is 22.7. The van der Waals surface area contributed by atoms with Crippen LogP contribution >= 0.6 is 11.8 Å². The Kier molecular flexibility index (Phi) is 6.39. The summed E-state index contributed by atoms with van der Waals surface area (Å²) in [6.45, 7) is 1.47. The number of amidine groups is 1. The lowest BCUT2D eigenvalue weighted by molar-refractivity contribution is -0.111. The molecular weight excluding hydrogens is 523 g/mol. The van der Waals surface area contributed by atoms with Crippen molar-refractivity contribution < 1.29 is 27.4 Å². The number of hydrogen-bond acceptors (Lipinski definition) is 11. The quantitative estimate of drug-likeness (QED) is 0.310. The molecule has 0 fully saturated rings. The molecular formula is C24H22F3N7O3S. The van der Waals surface area contributed by atoms with E-state index in [0.717, 1.165) is 13.0 Å². The molecule has 0 unspecified atom stereocenters. The summed E-state index contributed by atoms with van der Waals surface area (Å²) in [5.74, 6) is -3.50. The maximum absolute atomic E-state index is 15.7.